The molecule has 0 radical (unpaired) electrons. The fraction of sp³-hybridized carbons (Fsp3) is 0.0769. The van der Waals surface area contributed by atoms with Crippen molar-refractivity contribution in [2.24, 2.45) is 0 Å². The predicted octanol–water partition coefficient (Wildman–Crippen LogP) is 1.56. The topological polar surface area (TPSA) is 86.7 Å². The summed E-state index contributed by atoms with van der Waals surface area (Å²) in [6.45, 7) is 1.92. The quantitative estimate of drug-likeness (QED) is 0.531. The van der Waals surface area contributed by atoms with Crippen LogP contribution in [0.1, 0.15) is 5.69 Å². The molecule has 4 aromatic rings. The molecule has 0 amide bonds. The van der Waals surface area contributed by atoms with Crippen molar-refractivity contribution in [3.8, 4) is 5.69 Å². The minimum absolute atomic E-state index is 0.557. The fourth-order valence-corrected chi connectivity index (χ4v) is 2.97. The van der Waals surface area contributed by atoms with Gasteiger partial charge in [0.15, 0.2) is 0 Å². The van der Waals surface area contributed by atoms with E-state index in [0.717, 1.165) is 16.4 Å². The molecular formula is C13H10N8S. The molecule has 0 unspecified atom stereocenters. The van der Waals surface area contributed by atoms with Crippen molar-refractivity contribution < 1.29 is 0 Å². The first kappa shape index (κ1) is 12.9. The van der Waals surface area contributed by atoms with Gasteiger partial charge in [-0.15, -0.1) is 5.10 Å². The Hall–Kier alpha value is -2.81. The molecule has 0 N–H and O–H groups in total. The number of hydrogen-bond acceptors (Lipinski definition) is 7. The number of benzene rings is 1. The SMILES string of the molecule is Cc1cc(Sc2nnnn2-c2ccccc2)n2ncnc2n1. The zero-order chi connectivity index (χ0) is 14.9. The zero-order valence-corrected chi connectivity index (χ0v) is 12.3. The number of para-hydroxylation sites is 1. The number of hydrogen-bond donors (Lipinski definition) is 0. The number of fused-ring (bicyclic) bond motifs is 1. The van der Waals surface area contributed by atoms with Gasteiger partial charge in [-0.2, -0.15) is 19.3 Å². The second-order valence-electron chi connectivity index (χ2n) is 4.52. The normalized spacial score (nSPS) is 11.1. The van der Waals surface area contributed by atoms with E-state index in [-0.39, 0.29) is 0 Å². The maximum Gasteiger partial charge on any atom is 0.253 e. The minimum atomic E-state index is 0.557. The number of rotatable bonds is 3. The average molecular weight is 310 g/mol. The van der Waals surface area contributed by atoms with E-state index < -0.39 is 0 Å². The summed E-state index contributed by atoms with van der Waals surface area (Å²) in [6.07, 6.45) is 1.48. The van der Waals surface area contributed by atoms with Crippen LogP contribution in [0.3, 0.4) is 0 Å². The summed E-state index contributed by atoms with van der Waals surface area (Å²) in [5.74, 6) is 0.557. The van der Waals surface area contributed by atoms with Crippen LogP contribution in [-0.4, -0.2) is 39.8 Å². The van der Waals surface area contributed by atoms with Crippen LogP contribution in [0.15, 0.2) is 52.9 Å². The smallest absolute Gasteiger partial charge is 0.216 e. The zero-order valence-electron chi connectivity index (χ0n) is 11.5. The lowest BCUT2D eigenvalue weighted by atomic mass is 10.3. The third-order valence-corrected chi connectivity index (χ3v) is 3.92. The summed E-state index contributed by atoms with van der Waals surface area (Å²) < 4.78 is 3.35. The summed E-state index contributed by atoms with van der Waals surface area (Å²) in [5, 5.41) is 17.6. The Bertz CT molecular complexity index is 930. The Morgan fingerprint density at radius 1 is 1.14 bits per heavy atom. The highest BCUT2D eigenvalue weighted by molar-refractivity contribution is 7.99. The van der Waals surface area contributed by atoms with E-state index in [9.17, 15) is 0 Å². The van der Waals surface area contributed by atoms with Gasteiger partial charge in [-0.1, -0.05) is 18.2 Å². The number of nitrogens with zero attached hydrogens (tertiary/aromatic N) is 8. The third kappa shape index (κ3) is 2.21. The van der Waals surface area contributed by atoms with E-state index in [1.54, 1.807) is 9.20 Å². The highest BCUT2D eigenvalue weighted by atomic mass is 32.2. The molecule has 3 aromatic heterocycles. The highest BCUT2D eigenvalue weighted by Gasteiger charge is 2.13. The van der Waals surface area contributed by atoms with Crippen molar-refractivity contribution in [3.63, 3.8) is 0 Å². The molecule has 0 aliphatic heterocycles. The number of aromatic nitrogens is 8. The summed E-state index contributed by atoms with van der Waals surface area (Å²) in [5.41, 5.74) is 1.76. The van der Waals surface area contributed by atoms with Crippen LogP contribution < -0.4 is 0 Å². The van der Waals surface area contributed by atoms with Gasteiger partial charge in [0.05, 0.1) is 5.69 Å². The Morgan fingerprint density at radius 2 is 2.00 bits per heavy atom. The molecule has 0 aliphatic rings. The van der Waals surface area contributed by atoms with Gasteiger partial charge in [-0.25, -0.2) is 4.98 Å². The van der Waals surface area contributed by atoms with Crippen LogP contribution in [0.4, 0.5) is 0 Å². The molecule has 9 heteroatoms. The lowest BCUT2D eigenvalue weighted by molar-refractivity contribution is 0.753. The van der Waals surface area contributed by atoms with Crippen LogP contribution in [0.2, 0.25) is 0 Å². The predicted molar refractivity (Wildman–Crippen MR) is 78.8 cm³/mol. The molecule has 0 saturated carbocycles. The van der Waals surface area contributed by atoms with Crippen molar-refractivity contribution in [2.45, 2.75) is 17.1 Å². The molecule has 0 fully saturated rings. The van der Waals surface area contributed by atoms with Gasteiger partial charge in [0.2, 0.25) is 5.16 Å². The Morgan fingerprint density at radius 3 is 2.86 bits per heavy atom. The van der Waals surface area contributed by atoms with E-state index in [4.69, 9.17) is 0 Å². The lowest BCUT2D eigenvalue weighted by Crippen LogP contribution is -2.01. The van der Waals surface area contributed by atoms with Gasteiger partial charge in [0.25, 0.3) is 5.78 Å². The fourth-order valence-electron chi connectivity index (χ4n) is 2.04. The van der Waals surface area contributed by atoms with Gasteiger partial charge in [-0.3, -0.25) is 0 Å². The molecule has 1 aromatic carbocycles. The third-order valence-electron chi connectivity index (χ3n) is 2.98. The van der Waals surface area contributed by atoms with E-state index in [1.807, 2.05) is 43.3 Å². The molecule has 8 nitrogen and oxygen atoms in total. The lowest BCUT2D eigenvalue weighted by Gasteiger charge is -2.05. The summed E-state index contributed by atoms with van der Waals surface area (Å²) in [4.78, 5) is 8.44. The maximum absolute atomic E-state index is 4.32. The van der Waals surface area contributed by atoms with Crippen molar-refractivity contribution in [1.29, 1.82) is 0 Å². The van der Waals surface area contributed by atoms with E-state index in [0.29, 0.717) is 10.9 Å². The highest BCUT2D eigenvalue weighted by Crippen LogP contribution is 2.27. The summed E-state index contributed by atoms with van der Waals surface area (Å²) >= 11 is 1.41. The van der Waals surface area contributed by atoms with Crippen LogP contribution in [0.5, 0.6) is 0 Å². The van der Waals surface area contributed by atoms with Crippen molar-refractivity contribution in [1.82, 2.24) is 39.8 Å². The van der Waals surface area contributed by atoms with E-state index in [2.05, 4.69) is 30.6 Å². The molecular weight excluding hydrogens is 300 g/mol. The maximum atomic E-state index is 4.32. The van der Waals surface area contributed by atoms with E-state index >= 15 is 0 Å². The second-order valence-corrected chi connectivity index (χ2v) is 5.51. The van der Waals surface area contributed by atoms with Crippen molar-refractivity contribution in [3.05, 3.63) is 48.4 Å². The van der Waals surface area contributed by atoms with Crippen LogP contribution in [0, 0.1) is 6.92 Å². The average Bonchev–Trinajstić information content (AvgIpc) is 3.17. The van der Waals surface area contributed by atoms with E-state index in [1.165, 1.54) is 18.1 Å². The Balaban J connectivity index is 1.78. The number of aryl methyl sites for hydroxylation is 1. The van der Waals surface area contributed by atoms with Crippen LogP contribution >= 0.6 is 11.8 Å². The van der Waals surface area contributed by atoms with Gasteiger partial charge in [0.1, 0.15) is 11.4 Å². The molecule has 108 valence electrons. The Labute approximate surface area is 129 Å². The van der Waals surface area contributed by atoms with Gasteiger partial charge in [0, 0.05) is 5.69 Å². The van der Waals surface area contributed by atoms with Crippen LogP contribution in [0.25, 0.3) is 11.5 Å². The molecule has 0 aliphatic carbocycles. The monoisotopic (exact) mass is 310 g/mol. The summed E-state index contributed by atoms with van der Waals surface area (Å²) in [7, 11) is 0. The summed E-state index contributed by atoms with van der Waals surface area (Å²) in [6, 6.07) is 11.7. The molecule has 4 rings (SSSR count). The second kappa shape index (κ2) is 5.19. The van der Waals surface area contributed by atoms with Crippen molar-refractivity contribution in [2.75, 3.05) is 0 Å². The van der Waals surface area contributed by atoms with Crippen molar-refractivity contribution >= 4 is 17.5 Å². The number of tetrazole rings is 1. The molecule has 0 bridgehead atoms. The minimum Gasteiger partial charge on any atom is -0.216 e. The first-order valence-corrected chi connectivity index (χ1v) is 7.32. The van der Waals surface area contributed by atoms with Crippen LogP contribution in [-0.2, 0) is 0 Å². The Kier molecular flexibility index (Phi) is 3.04. The molecule has 0 saturated heterocycles. The largest absolute Gasteiger partial charge is 0.253 e. The molecule has 3 heterocycles. The first-order chi connectivity index (χ1) is 10.8. The van der Waals surface area contributed by atoms with Gasteiger partial charge >= 0.3 is 0 Å². The standard InChI is InChI=1S/C13H10N8S/c1-9-7-11(21-12(16-9)14-8-15-21)22-13-17-18-19-20(13)10-5-3-2-4-6-10/h2-8H,1H3. The van der Waals surface area contributed by atoms with Gasteiger partial charge < -0.3 is 0 Å². The molecule has 22 heavy (non-hydrogen) atoms. The molecule has 0 atom stereocenters. The molecule has 0 spiro atoms. The first-order valence-electron chi connectivity index (χ1n) is 6.50. The van der Waals surface area contributed by atoms with Gasteiger partial charge in [-0.05, 0) is 47.3 Å².